The van der Waals surface area contributed by atoms with Crippen molar-refractivity contribution < 1.29 is 9.21 Å². The van der Waals surface area contributed by atoms with Gasteiger partial charge in [0.25, 0.3) is 5.91 Å². The van der Waals surface area contributed by atoms with Gasteiger partial charge in [-0.25, -0.2) is 4.68 Å². The van der Waals surface area contributed by atoms with Crippen molar-refractivity contribution in [1.82, 2.24) is 29.3 Å². The van der Waals surface area contributed by atoms with Crippen LogP contribution in [-0.4, -0.2) is 61.4 Å². The first-order valence-electron chi connectivity index (χ1n) is 9.21. The summed E-state index contributed by atoms with van der Waals surface area (Å²) in [5, 5.41) is 7.80. The average molecular weight is 368 g/mol. The molecular weight excluding hydrogens is 344 g/mol. The third kappa shape index (κ3) is 3.52. The SMILES string of the molecule is Cc1cc(CN2CCCN(C(=O)c3ccco3)CC2)c(C)n1-n1cnnc1. The highest BCUT2D eigenvalue weighted by molar-refractivity contribution is 5.91. The molecular formula is C19H24N6O2. The molecule has 3 aromatic rings. The third-order valence-electron chi connectivity index (χ3n) is 5.14. The van der Waals surface area contributed by atoms with E-state index < -0.39 is 0 Å². The van der Waals surface area contributed by atoms with Crippen molar-refractivity contribution in [2.45, 2.75) is 26.8 Å². The second-order valence-corrected chi connectivity index (χ2v) is 6.95. The van der Waals surface area contributed by atoms with E-state index in [9.17, 15) is 4.79 Å². The summed E-state index contributed by atoms with van der Waals surface area (Å²) < 4.78 is 9.26. The van der Waals surface area contributed by atoms with Crippen LogP contribution in [0.15, 0.2) is 41.5 Å². The number of aromatic nitrogens is 4. The zero-order chi connectivity index (χ0) is 18.8. The topological polar surface area (TPSA) is 72.3 Å². The van der Waals surface area contributed by atoms with E-state index in [1.165, 1.54) is 11.3 Å². The Morgan fingerprint density at radius 3 is 2.70 bits per heavy atom. The standard InChI is InChI=1S/C19H24N6O2/c1-15-11-17(16(2)25(15)24-13-20-21-14-24)12-22-6-4-7-23(9-8-22)19(26)18-5-3-10-27-18/h3,5,10-11,13-14H,4,6-9,12H2,1-2H3. The molecule has 1 fully saturated rings. The zero-order valence-corrected chi connectivity index (χ0v) is 15.7. The van der Waals surface area contributed by atoms with E-state index in [2.05, 4.69) is 39.7 Å². The number of hydrogen-bond donors (Lipinski definition) is 0. The van der Waals surface area contributed by atoms with E-state index in [1.54, 1.807) is 31.1 Å². The largest absolute Gasteiger partial charge is 0.459 e. The number of hydrogen-bond acceptors (Lipinski definition) is 5. The van der Waals surface area contributed by atoms with Crippen LogP contribution in [0.25, 0.3) is 0 Å². The summed E-state index contributed by atoms with van der Waals surface area (Å²) in [6.45, 7) is 8.36. The molecule has 8 nitrogen and oxygen atoms in total. The van der Waals surface area contributed by atoms with Crippen molar-refractivity contribution in [3.8, 4) is 0 Å². The summed E-state index contributed by atoms with van der Waals surface area (Å²) in [7, 11) is 0. The summed E-state index contributed by atoms with van der Waals surface area (Å²) in [6, 6.07) is 5.69. The minimum absolute atomic E-state index is 0.0207. The van der Waals surface area contributed by atoms with Crippen LogP contribution in [0.3, 0.4) is 0 Å². The van der Waals surface area contributed by atoms with Gasteiger partial charge in [0.2, 0.25) is 0 Å². The fraction of sp³-hybridized carbons (Fsp3) is 0.421. The molecule has 0 aliphatic carbocycles. The molecule has 3 aromatic heterocycles. The number of carbonyl (C=O) groups is 1. The van der Waals surface area contributed by atoms with Crippen molar-refractivity contribution in [3.63, 3.8) is 0 Å². The van der Waals surface area contributed by atoms with Gasteiger partial charge in [-0.05, 0) is 44.0 Å². The summed E-state index contributed by atoms with van der Waals surface area (Å²) >= 11 is 0. The van der Waals surface area contributed by atoms with Crippen molar-refractivity contribution >= 4 is 5.91 Å². The quantitative estimate of drug-likeness (QED) is 0.704. The lowest BCUT2D eigenvalue weighted by Gasteiger charge is -2.21. The Labute approximate surface area is 158 Å². The highest BCUT2D eigenvalue weighted by Crippen LogP contribution is 2.19. The molecule has 0 N–H and O–H groups in total. The smallest absolute Gasteiger partial charge is 0.289 e. The molecule has 0 radical (unpaired) electrons. The van der Waals surface area contributed by atoms with Gasteiger partial charge in [-0.3, -0.25) is 14.4 Å². The molecule has 0 aromatic carbocycles. The number of rotatable bonds is 4. The van der Waals surface area contributed by atoms with Gasteiger partial charge in [0.1, 0.15) is 12.7 Å². The van der Waals surface area contributed by atoms with Crippen LogP contribution in [0, 0.1) is 13.8 Å². The van der Waals surface area contributed by atoms with Crippen LogP contribution in [0.1, 0.15) is 33.9 Å². The van der Waals surface area contributed by atoms with Gasteiger partial charge in [0.15, 0.2) is 5.76 Å². The van der Waals surface area contributed by atoms with Crippen LogP contribution >= 0.6 is 0 Å². The molecule has 1 aliphatic heterocycles. The van der Waals surface area contributed by atoms with Crippen molar-refractivity contribution in [2.24, 2.45) is 0 Å². The lowest BCUT2D eigenvalue weighted by molar-refractivity contribution is 0.0729. The van der Waals surface area contributed by atoms with Crippen LogP contribution in [0.2, 0.25) is 0 Å². The maximum absolute atomic E-state index is 12.5. The summed E-state index contributed by atoms with van der Waals surface area (Å²) in [6.07, 6.45) is 5.90. The van der Waals surface area contributed by atoms with E-state index in [1.807, 2.05) is 9.58 Å². The molecule has 0 spiro atoms. The molecule has 0 saturated carbocycles. The number of nitrogens with zero attached hydrogens (tertiary/aromatic N) is 6. The summed E-state index contributed by atoms with van der Waals surface area (Å²) in [5.74, 6) is 0.397. The Morgan fingerprint density at radius 2 is 1.96 bits per heavy atom. The van der Waals surface area contributed by atoms with Crippen LogP contribution < -0.4 is 0 Å². The first kappa shape index (κ1) is 17.5. The minimum atomic E-state index is -0.0207. The highest BCUT2D eigenvalue weighted by atomic mass is 16.3. The van der Waals surface area contributed by atoms with Gasteiger partial charge in [-0.15, -0.1) is 10.2 Å². The van der Waals surface area contributed by atoms with Gasteiger partial charge in [-0.1, -0.05) is 0 Å². The third-order valence-corrected chi connectivity index (χ3v) is 5.14. The monoisotopic (exact) mass is 368 g/mol. The Balaban J connectivity index is 1.44. The number of furan rings is 1. The van der Waals surface area contributed by atoms with Crippen molar-refractivity contribution in [3.05, 3.63) is 59.8 Å². The Bertz CT molecular complexity index is 897. The van der Waals surface area contributed by atoms with Crippen LogP contribution in [0.5, 0.6) is 0 Å². The molecule has 1 amide bonds. The fourth-order valence-electron chi connectivity index (χ4n) is 3.76. The Hall–Kier alpha value is -2.87. The van der Waals surface area contributed by atoms with E-state index in [4.69, 9.17) is 4.42 Å². The van der Waals surface area contributed by atoms with Gasteiger partial charge < -0.3 is 9.32 Å². The van der Waals surface area contributed by atoms with Crippen molar-refractivity contribution in [2.75, 3.05) is 26.2 Å². The molecule has 1 aliphatic rings. The molecule has 4 rings (SSSR count). The molecule has 27 heavy (non-hydrogen) atoms. The first-order valence-corrected chi connectivity index (χ1v) is 9.21. The van der Waals surface area contributed by atoms with Crippen LogP contribution in [0.4, 0.5) is 0 Å². The minimum Gasteiger partial charge on any atom is -0.459 e. The molecule has 0 atom stereocenters. The maximum atomic E-state index is 12.5. The maximum Gasteiger partial charge on any atom is 0.289 e. The molecule has 8 heteroatoms. The zero-order valence-electron chi connectivity index (χ0n) is 15.7. The Morgan fingerprint density at radius 1 is 1.15 bits per heavy atom. The first-order chi connectivity index (χ1) is 13.1. The van der Waals surface area contributed by atoms with E-state index >= 15 is 0 Å². The highest BCUT2D eigenvalue weighted by Gasteiger charge is 2.23. The number of amides is 1. The molecule has 1 saturated heterocycles. The summed E-state index contributed by atoms with van der Waals surface area (Å²) in [4.78, 5) is 16.8. The second kappa shape index (κ2) is 7.40. The average Bonchev–Trinajstić information content (AvgIpc) is 3.37. The van der Waals surface area contributed by atoms with Gasteiger partial charge in [0, 0.05) is 44.1 Å². The van der Waals surface area contributed by atoms with Crippen molar-refractivity contribution in [1.29, 1.82) is 0 Å². The Kier molecular flexibility index (Phi) is 4.81. The summed E-state index contributed by atoms with van der Waals surface area (Å²) in [5.41, 5.74) is 3.61. The molecule has 0 unspecified atom stereocenters. The normalized spacial score (nSPS) is 15.9. The fourth-order valence-corrected chi connectivity index (χ4v) is 3.76. The predicted octanol–water partition coefficient (Wildman–Crippen LogP) is 1.95. The lowest BCUT2D eigenvalue weighted by atomic mass is 10.2. The molecule has 0 bridgehead atoms. The predicted molar refractivity (Wildman–Crippen MR) is 99.2 cm³/mol. The van der Waals surface area contributed by atoms with E-state index in [0.717, 1.165) is 38.3 Å². The lowest BCUT2D eigenvalue weighted by Crippen LogP contribution is -2.34. The second-order valence-electron chi connectivity index (χ2n) is 6.95. The molecule has 142 valence electrons. The van der Waals surface area contributed by atoms with Gasteiger partial charge in [0.05, 0.1) is 6.26 Å². The van der Waals surface area contributed by atoms with Gasteiger partial charge >= 0.3 is 0 Å². The van der Waals surface area contributed by atoms with E-state index in [0.29, 0.717) is 12.3 Å². The number of aryl methyl sites for hydroxylation is 1. The van der Waals surface area contributed by atoms with Gasteiger partial charge in [-0.2, -0.15) is 0 Å². The molecule has 4 heterocycles. The van der Waals surface area contributed by atoms with E-state index in [-0.39, 0.29) is 5.91 Å². The van der Waals surface area contributed by atoms with Crippen LogP contribution in [-0.2, 0) is 6.54 Å². The number of carbonyl (C=O) groups excluding carboxylic acids is 1.